The Morgan fingerprint density at radius 3 is 2.28 bits per heavy atom. The second kappa shape index (κ2) is 13.2. The first-order valence-electron chi connectivity index (χ1n) is 13.2. The molecule has 0 radical (unpaired) electrons. The Bertz CT molecular complexity index is 1260. The number of hydrogen-bond acceptors (Lipinski definition) is 6. The maximum absolute atomic E-state index is 14.4. The van der Waals surface area contributed by atoms with Crippen LogP contribution in [0.4, 0.5) is 4.39 Å². The fourth-order valence-corrected chi connectivity index (χ4v) is 5.71. The summed E-state index contributed by atoms with van der Waals surface area (Å²) >= 11 is 11.9. The molecular weight excluding hydrogens is 566 g/mol. The van der Waals surface area contributed by atoms with E-state index in [4.69, 9.17) is 32.7 Å². The Kier molecular flexibility index (Phi) is 10.1. The SMILES string of the molecule is CC(c1cc(Cl)cc(Cl)c1)C1COC1.CS(=O)(=O)NC(=O)c1cc(C2CC2)c(OCC2CCNCC2)cc1F. The molecule has 11 heteroatoms. The normalized spacial score (nSPS) is 18.9. The van der Waals surface area contributed by atoms with Crippen LogP contribution in [0.25, 0.3) is 0 Å². The number of carbonyl (C=O) groups is 1. The highest BCUT2D eigenvalue weighted by Crippen LogP contribution is 2.45. The molecule has 3 fully saturated rings. The van der Waals surface area contributed by atoms with Crippen LogP contribution in [-0.2, 0) is 14.8 Å². The second-order valence-electron chi connectivity index (χ2n) is 10.6. The van der Waals surface area contributed by atoms with Crippen molar-refractivity contribution in [1.82, 2.24) is 10.0 Å². The van der Waals surface area contributed by atoms with Gasteiger partial charge >= 0.3 is 0 Å². The lowest BCUT2D eigenvalue weighted by atomic mass is 9.86. The van der Waals surface area contributed by atoms with E-state index in [0.29, 0.717) is 40.2 Å². The van der Waals surface area contributed by atoms with E-state index in [2.05, 4.69) is 12.2 Å². The standard InChI is InChI=1S/C17H23FN2O4S.C11H12Cl2O/c1-25(22,23)20-17(21)14-8-13(12-2-3-12)16(9-15(14)18)24-10-11-4-6-19-7-5-11;1-7(9-5-14-6-9)8-2-10(12)4-11(13)3-8/h8-9,11-12,19H,2-7,10H2,1H3,(H,20,21);2-4,7,9H,5-6H2,1H3. The molecule has 7 nitrogen and oxygen atoms in total. The van der Waals surface area contributed by atoms with Crippen molar-refractivity contribution in [2.45, 2.75) is 44.4 Å². The third-order valence-corrected chi connectivity index (χ3v) is 8.35. The molecule has 2 aromatic carbocycles. The highest BCUT2D eigenvalue weighted by Gasteiger charge is 2.30. The number of sulfonamides is 1. The summed E-state index contributed by atoms with van der Waals surface area (Å²) in [5.74, 6) is 0.509. The van der Waals surface area contributed by atoms with Crippen LogP contribution in [0.15, 0.2) is 30.3 Å². The van der Waals surface area contributed by atoms with Crippen molar-refractivity contribution in [1.29, 1.82) is 0 Å². The summed E-state index contributed by atoms with van der Waals surface area (Å²) in [7, 11) is -3.74. The van der Waals surface area contributed by atoms with Crippen molar-refractivity contribution < 1.29 is 27.1 Å². The number of piperidine rings is 1. The van der Waals surface area contributed by atoms with E-state index >= 15 is 0 Å². The van der Waals surface area contributed by atoms with Crippen molar-refractivity contribution in [2.75, 3.05) is 39.2 Å². The zero-order valence-electron chi connectivity index (χ0n) is 22.1. The van der Waals surface area contributed by atoms with Crippen LogP contribution in [-0.4, -0.2) is 53.5 Å². The molecule has 2 aromatic rings. The van der Waals surface area contributed by atoms with E-state index in [9.17, 15) is 17.6 Å². The molecule has 2 aliphatic heterocycles. The lowest BCUT2D eigenvalue weighted by Crippen LogP contribution is -2.31. The predicted octanol–water partition coefficient (Wildman–Crippen LogP) is 5.51. The van der Waals surface area contributed by atoms with Gasteiger partial charge in [0.15, 0.2) is 0 Å². The van der Waals surface area contributed by atoms with Crippen LogP contribution in [0.1, 0.15) is 65.9 Å². The van der Waals surface area contributed by atoms with Gasteiger partial charge in [-0.2, -0.15) is 0 Å². The molecule has 214 valence electrons. The number of ether oxygens (including phenoxy) is 2. The van der Waals surface area contributed by atoms with Crippen molar-refractivity contribution in [2.24, 2.45) is 11.8 Å². The van der Waals surface area contributed by atoms with Crippen molar-refractivity contribution in [3.05, 3.63) is 62.9 Å². The first kappa shape index (κ1) is 30.1. The minimum absolute atomic E-state index is 0.244. The van der Waals surface area contributed by atoms with Crippen LogP contribution < -0.4 is 14.8 Å². The zero-order chi connectivity index (χ0) is 28.2. The third kappa shape index (κ3) is 8.79. The summed E-state index contributed by atoms with van der Waals surface area (Å²) < 4.78 is 49.7. The topological polar surface area (TPSA) is 93.7 Å². The summed E-state index contributed by atoms with van der Waals surface area (Å²) in [4.78, 5) is 12.0. The summed E-state index contributed by atoms with van der Waals surface area (Å²) in [5, 5.41) is 4.71. The van der Waals surface area contributed by atoms with E-state index in [1.54, 1.807) is 6.07 Å². The van der Waals surface area contributed by atoms with Crippen molar-refractivity contribution in [3.63, 3.8) is 0 Å². The second-order valence-corrected chi connectivity index (χ2v) is 13.3. The van der Waals surface area contributed by atoms with Crippen LogP contribution in [0.5, 0.6) is 5.75 Å². The number of rotatable bonds is 8. The van der Waals surface area contributed by atoms with Crippen LogP contribution in [0, 0.1) is 17.7 Å². The number of halogens is 3. The van der Waals surface area contributed by atoms with E-state index in [1.807, 2.05) is 16.9 Å². The Labute approximate surface area is 239 Å². The van der Waals surface area contributed by atoms with Gasteiger partial charge in [-0.15, -0.1) is 0 Å². The lowest BCUT2D eigenvalue weighted by Gasteiger charge is -2.31. The lowest BCUT2D eigenvalue weighted by molar-refractivity contribution is -0.0423. The molecule has 1 aliphatic carbocycles. The first-order chi connectivity index (χ1) is 18.5. The highest BCUT2D eigenvalue weighted by molar-refractivity contribution is 7.89. The third-order valence-electron chi connectivity index (χ3n) is 7.35. The predicted molar refractivity (Wildman–Crippen MR) is 151 cm³/mol. The molecule has 2 heterocycles. The van der Waals surface area contributed by atoms with Gasteiger partial charge in [0, 0.05) is 22.0 Å². The molecular formula is C28H35Cl2FN2O5S. The maximum Gasteiger partial charge on any atom is 0.267 e. The fraction of sp³-hybridized carbons (Fsp3) is 0.536. The van der Waals surface area contributed by atoms with Gasteiger partial charge in [-0.1, -0.05) is 30.1 Å². The van der Waals surface area contributed by atoms with Gasteiger partial charge in [0.2, 0.25) is 10.0 Å². The van der Waals surface area contributed by atoms with E-state index in [1.165, 1.54) is 17.7 Å². The number of benzene rings is 2. The van der Waals surface area contributed by atoms with Gasteiger partial charge in [0.05, 0.1) is 31.6 Å². The summed E-state index contributed by atoms with van der Waals surface area (Å²) in [5.41, 5.74) is 1.73. The number of carbonyl (C=O) groups excluding carboxylic acids is 1. The Balaban J connectivity index is 0.000000212. The first-order valence-corrected chi connectivity index (χ1v) is 15.9. The fourth-order valence-electron chi connectivity index (χ4n) is 4.72. The number of hydrogen-bond donors (Lipinski definition) is 2. The summed E-state index contributed by atoms with van der Waals surface area (Å²) in [6.45, 7) is 6.34. The Morgan fingerprint density at radius 1 is 1.10 bits per heavy atom. The van der Waals surface area contributed by atoms with Crippen LogP contribution in [0.3, 0.4) is 0 Å². The Morgan fingerprint density at radius 2 is 1.74 bits per heavy atom. The van der Waals surface area contributed by atoms with E-state index in [0.717, 1.165) is 63.8 Å². The molecule has 0 bridgehead atoms. The summed E-state index contributed by atoms with van der Waals surface area (Å²) in [6.07, 6.45) is 4.83. The molecule has 2 N–H and O–H groups in total. The number of amides is 1. The van der Waals surface area contributed by atoms with E-state index < -0.39 is 21.7 Å². The van der Waals surface area contributed by atoms with Gasteiger partial charge in [0.25, 0.3) is 5.91 Å². The molecule has 1 atom stereocenters. The van der Waals surface area contributed by atoms with E-state index in [-0.39, 0.29) is 11.5 Å². The molecule has 3 aliphatic rings. The van der Waals surface area contributed by atoms with Gasteiger partial charge in [-0.25, -0.2) is 17.5 Å². The molecule has 1 amide bonds. The smallest absolute Gasteiger partial charge is 0.267 e. The van der Waals surface area contributed by atoms with Crippen LogP contribution in [0.2, 0.25) is 10.0 Å². The van der Waals surface area contributed by atoms with Crippen molar-refractivity contribution in [3.8, 4) is 5.75 Å². The monoisotopic (exact) mass is 600 g/mol. The van der Waals surface area contributed by atoms with Gasteiger partial charge < -0.3 is 14.8 Å². The quantitative estimate of drug-likeness (QED) is 0.415. The largest absolute Gasteiger partial charge is 0.493 e. The zero-order valence-corrected chi connectivity index (χ0v) is 24.5. The molecule has 1 unspecified atom stereocenters. The van der Waals surface area contributed by atoms with Gasteiger partial charge in [0.1, 0.15) is 11.6 Å². The maximum atomic E-state index is 14.4. The van der Waals surface area contributed by atoms with Gasteiger partial charge in [-0.05, 0) is 91.9 Å². The minimum Gasteiger partial charge on any atom is -0.493 e. The van der Waals surface area contributed by atoms with Crippen LogP contribution >= 0.6 is 23.2 Å². The Hall–Kier alpha value is -1.91. The molecule has 0 spiro atoms. The minimum atomic E-state index is -3.74. The highest BCUT2D eigenvalue weighted by atomic mass is 35.5. The molecule has 39 heavy (non-hydrogen) atoms. The van der Waals surface area contributed by atoms with Gasteiger partial charge in [-0.3, -0.25) is 4.79 Å². The average molecular weight is 602 g/mol. The summed E-state index contributed by atoms with van der Waals surface area (Å²) in [6, 6.07) is 8.38. The molecule has 1 saturated carbocycles. The molecule has 0 aromatic heterocycles. The van der Waals surface area contributed by atoms with Crippen molar-refractivity contribution >= 4 is 39.1 Å². The molecule has 5 rings (SSSR count). The molecule has 2 saturated heterocycles. The number of nitrogens with one attached hydrogen (secondary N) is 2. The average Bonchev–Trinajstić information content (AvgIpc) is 3.66.